The van der Waals surface area contributed by atoms with Crippen molar-refractivity contribution < 1.29 is 4.74 Å². The highest BCUT2D eigenvalue weighted by Gasteiger charge is 2.19. The van der Waals surface area contributed by atoms with Gasteiger partial charge in [0, 0.05) is 51.6 Å². The second-order valence-electron chi connectivity index (χ2n) is 5.91. The number of hydrogen-bond donors (Lipinski definition) is 1. The Morgan fingerprint density at radius 2 is 2.04 bits per heavy atom. The van der Waals surface area contributed by atoms with Crippen LogP contribution in [-0.4, -0.2) is 76.1 Å². The molecule has 1 saturated heterocycles. The molecule has 0 spiro atoms. The van der Waals surface area contributed by atoms with E-state index in [-0.39, 0.29) is 0 Å². The molecule has 3 aromatic rings. The van der Waals surface area contributed by atoms with E-state index in [9.17, 15) is 0 Å². The SMILES string of the molecule is COCCN1CCN(c2ccc3ncc(-c4cn[nH]c4)n3n2)CC1. The number of imidazole rings is 1. The number of nitrogens with one attached hydrogen (secondary N) is 1. The third kappa shape index (κ3) is 2.85. The van der Waals surface area contributed by atoms with E-state index < -0.39 is 0 Å². The minimum Gasteiger partial charge on any atom is -0.383 e. The quantitative estimate of drug-likeness (QED) is 0.750. The average molecular weight is 327 g/mol. The minimum atomic E-state index is 0.785. The van der Waals surface area contributed by atoms with Gasteiger partial charge in [0.2, 0.25) is 0 Å². The molecule has 0 bridgehead atoms. The van der Waals surface area contributed by atoms with E-state index in [4.69, 9.17) is 9.84 Å². The summed E-state index contributed by atoms with van der Waals surface area (Å²) in [6.45, 7) is 5.77. The summed E-state index contributed by atoms with van der Waals surface area (Å²) in [7, 11) is 1.75. The highest BCUT2D eigenvalue weighted by atomic mass is 16.5. The molecule has 4 heterocycles. The molecule has 8 heteroatoms. The van der Waals surface area contributed by atoms with Gasteiger partial charge >= 0.3 is 0 Å². The Bertz CT molecular complexity index is 790. The number of methoxy groups -OCH3 is 1. The summed E-state index contributed by atoms with van der Waals surface area (Å²) in [5, 5.41) is 11.6. The minimum absolute atomic E-state index is 0.785. The summed E-state index contributed by atoms with van der Waals surface area (Å²) in [5.41, 5.74) is 2.77. The monoisotopic (exact) mass is 327 g/mol. The third-order valence-electron chi connectivity index (χ3n) is 4.45. The molecule has 1 aliphatic rings. The van der Waals surface area contributed by atoms with Crippen molar-refractivity contribution in [3.8, 4) is 11.3 Å². The van der Waals surface area contributed by atoms with E-state index >= 15 is 0 Å². The summed E-state index contributed by atoms with van der Waals surface area (Å²) < 4.78 is 7.04. The highest BCUT2D eigenvalue weighted by Crippen LogP contribution is 2.21. The summed E-state index contributed by atoms with van der Waals surface area (Å²) in [6, 6.07) is 4.06. The van der Waals surface area contributed by atoms with Crippen molar-refractivity contribution in [1.29, 1.82) is 0 Å². The molecule has 0 atom stereocenters. The molecule has 8 nitrogen and oxygen atoms in total. The molecule has 0 aliphatic carbocycles. The second kappa shape index (κ2) is 6.58. The molecule has 24 heavy (non-hydrogen) atoms. The topological polar surface area (TPSA) is 74.6 Å². The van der Waals surface area contributed by atoms with E-state index in [1.165, 1.54) is 0 Å². The van der Waals surface area contributed by atoms with Crippen LogP contribution in [0, 0.1) is 0 Å². The maximum Gasteiger partial charge on any atom is 0.154 e. The zero-order valence-corrected chi connectivity index (χ0v) is 13.7. The number of ether oxygens (including phenoxy) is 1. The van der Waals surface area contributed by atoms with Crippen LogP contribution in [0.15, 0.2) is 30.7 Å². The molecule has 1 N–H and O–H groups in total. The predicted molar refractivity (Wildman–Crippen MR) is 91.1 cm³/mol. The molecule has 1 aliphatic heterocycles. The molecule has 0 amide bonds. The largest absolute Gasteiger partial charge is 0.383 e. The van der Waals surface area contributed by atoms with E-state index in [0.717, 1.165) is 62.1 Å². The van der Waals surface area contributed by atoms with Gasteiger partial charge in [0.15, 0.2) is 5.65 Å². The number of anilines is 1. The first kappa shape index (κ1) is 15.1. The normalized spacial score (nSPS) is 16.1. The fourth-order valence-electron chi connectivity index (χ4n) is 3.04. The lowest BCUT2D eigenvalue weighted by atomic mass is 10.3. The summed E-state index contributed by atoms with van der Waals surface area (Å²) in [5.74, 6) is 0.983. The van der Waals surface area contributed by atoms with Crippen molar-refractivity contribution in [1.82, 2.24) is 29.7 Å². The maximum atomic E-state index is 5.16. The number of piperazine rings is 1. The van der Waals surface area contributed by atoms with Crippen LogP contribution in [0.25, 0.3) is 16.9 Å². The Kier molecular flexibility index (Phi) is 4.14. The number of fused-ring (bicyclic) bond motifs is 1. The number of rotatable bonds is 5. The van der Waals surface area contributed by atoms with E-state index in [2.05, 4.69) is 25.0 Å². The highest BCUT2D eigenvalue weighted by molar-refractivity contribution is 5.62. The van der Waals surface area contributed by atoms with Crippen molar-refractivity contribution >= 4 is 11.5 Å². The number of H-pyrrole nitrogens is 1. The first-order valence-electron chi connectivity index (χ1n) is 8.15. The molecule has 0 radical (unpaired) electrons. The van der Waals surface area contributed by atoms with Gasteiger partial charge in [-0.1, -0.05) is 0 Å². The van der Waals surface area contributed by atoms with Gasteiger partial charge in [0.1, 0.15) is 5.82 Å². The second-order valence-corrected chi connectivity index (χ2v) is 5.91. The van der Waals surface area contributed by atoms with Crippen LogP contribution in [0.2, 0.25) is 0 Å². The molecule has 1 fully saturated rings. The Labute approximate surface area is 140 Å². The Hall–Kier alpha value is -2.45. The average Bonchev–Trinajstić information content (AvgIpc) is 3.29. The van der Waals surface area contributed by atoms with E-state index in [0.29, 0.717) is 0 Å². The number of hydrogen-bond acceptors (Lipinski definition) is 6. The Balaban J connectivity index is 1.54. The molecule has 4 rings (SSSR count). The van der Waals surface area contributed by atoms with Gasteiger partial charge in [-0.25, -0.2) is 9.50 Å². The lowest BCUT2D eigenvalue weighted by molar-refractivity contribution is 0.144. The van der Waals surface area contributed by atoms with Crippen LogP contribution < -0.4 is 4.90 Å². The van der Waals surface area contributed by atoms with Crippen molar-refractivity contribution in [3.05, 3.63) is 30.7 Å². The fourth-order valence-corrected chi connectivity index (χ4v) is 3.04. The van der Waals surface area contributed by atoms with Gasteiger partial charge in [-0.2, -0.15) is 5.10 Å². The molecular formula is C16H21N7O. The first-order valence-corrected chi connectivity index (χ1v) is 8.15. The van der Waals surface area contributed by atoms with Crippen molar-refractivity contribution in [2.75, 3.05) is 51.3 Å². The fraction of sp³-hybridized carbons (Fsp3) is 0.438. The molecule has 0 saturated carbocycles. The maximum absolute atomic E-state index is 5.16. The van der Waals surface area contributed by atoms with Gasteiger partial charge in [-0.05, 0) is 12.1 Å². The van der Waals surface area contributed by atoms with Crippen molar-refractivity contribution in [2.45, 2.75) is 0 Å². The van der Waals surface area contributed by atoms with Gasteiger partial charge in [-0.15, -0.1) is 5.10 Å². The van der Waals surface area contributed by atoms with E-state index in [1.54, 1.807) is 13.3 Å². The van der Waals surface area contributed by atoms with Crippen LogP contribution in [0.4, 0.5) is 5.82 Å². The van der Waals surface area contributed by atoms with Crippen molar-refractivity contribution in [3.63, 3.8) is 0 Å². The Morgan fingerprint density at radius 1 is 1.17 bits per heavy atom. The van der Waals surface area contributed by atoms with Gasteiger partial charge < -0.3 is 9.64 Å². The number of aromatic nitrogens is 5. The van der Waals surface area contributed by atoms with Crippen molar-refractivity contribution in [2.24, 2.45) is 0 Å². The number of aromatic amines is 1. The first-order chi connectivity index (χ1) is 11.8. The van der Waals surface area contributed by atoms with Crippen LogP contribution in [0.1, 0.15) is 0 Å². The molecule has 0 unspecified atom stereocenters. The Morgan fingerprint density at radius 3 is 2.79 bits per heavy atom. The summed E-state index contributed by atoms with van der Waals surface area (Å²) in [4.78, 5) is 9.17. The standard InChI is InChI=1S/C16H21N7O/c1-24-9-8-21-4-6-22(7-5-21)16-3-2-15-17-12-14(23(15)20-16)13-10-18-19-11-13/h2-3,10-12H,4-9H2,1H3,(H,18,19). The molecule has 126 valence electrons. The summed E-state index contributed by atoms with van der Waals surface area (Å²) >= 11 is 0. The number of nitrogens with zero attached hydrogens (tertiary/aromatic N) is 6. The van der Waals surface area contributed by atoms with Crippen LogP contribution in [-0.2, 0) is 4.74 Å². The molecule has 3 aromatic heterocycles. The van der Waals surface area contributed by atoms with Crippen LogP contribution in [0.5, 0.6) is 0 Å². The lowest BCUT2D eigenvalue weighted by Gasteiger charge is -2.35. The smallest absolute Gasteiger partial charge is 0.154 e. The van der Waals surface area contributed by atoms with Gasteiger partial charge in [0.25, 0.3) is 0 Å². The van der Waals surface area contributed by atoms with E-state index in [1.807, 2.05) is 29.0 Å². The van der Waals surface area contributed by atoms with Gasteiger partial charge in [-0.3, -0.25) is 10.00 Å². The predicted octanol–water partition coefficient (Wildman–Crippen LogP) is 0.888. The molecular weight excluding hydrogens is 306 g/mol. The lowest BCUT2D eigenvalue weighted by Crippen LogP contribution is -2.47. The zero-order chi connectivity index (χ0) is 16.4. The van der Waals surface area contributed by atoms with Crippen LogP contribution in [0.3, 0.4) is 0 Å². The van der Waals surface area contributed by atoms with Crippen LogP contribution >= 0.6 is 0 Å². The zero-order valence-electron chi connectivity index (χ0n) is 13.7. The molecule has 0 aromatic carbocycles. The third-order valence-corrected chi connectivity index (χ3v) is 4.45. The van der Waals surface area contributed by atoms with Gasteiger partial charge in [0.05, 0.1) is 24.7 Å². The summed E-state index contributed by atoms with van der Waals surface area (Å²) in [6.07, 6.45) is 5.47.